The summed E-state index contributed by atoms with van der Waals surface area (Å²) in [5.41, 5.74) is 0. The third-order valence-electron chi connectivity index (χ3n) is 3.83. The lowest BCUT2D eigenvalue weighted by atomic mass is 10.1. The number of aliphatic hydroxyl groups excluding tert-OH is 1. The molecular weight excluding hydrogens is 266 g/mol. The van der Waals surface area contributed by atoms with Gasteiger partial charge in [-0.1, -0.05) is 30.3 Å². The summed E-state index contributed by atoms with van der Waals surface area (Å²) in [7, 11) is 0. The zero-order chi connectivity index (χ0) is 14.7. The summed E-state index contributed by atoms with van der Waals surface area (Å²) in [6.45, 7) is 1.14. The summed E-state index contributed by atoms with van der Waals surface area (Å²) in [4.78, 5) is 13.7. The molecule has 0 aliphatic carbocycles. The van der Waals surface area contributed by atoms with Crippen LogP contribution in [0.25, 0.3) is 10.8 Å². The lowest BCUT2D eigenvalue weighted by Gasteiger charge is -2.30. The third-order valence-corrected chi connectivity index (χ3v) is 3.83. The second-order valence-corrected chi connectivity index (χ2v) is 5.43. The number of likely N-dealkylation sites (tertiary alicyclic amines) is 1. The van der Waals surface area contributed by atoms with E-state index in [9.17, 15) is 9.90 Å². The van der Waals surface area contributed by atoms with Gasteiger partial charge in [0.15, 0.2) is 6.61 Å². The van der Waals surface area contributed by atoms with Gasteiger partial charge in [-0.25, -0.2) is 0 Å². The Bertz CT molecular complexity index is 641. The van der Waals surface area contributed by atoms with Crippen LogP contribution in [0.5, 0.6) is 5.75 Å². The van der Waals surface area contributed by atoms with Gasteiger partial charge in [0.05, 0.1) is 6.10 Å². The summed E-state index contributed by atoms with van der Waals surface area (Å²) < 4.78 is 5.59. The van der Waals surface area contributed by atoms with Crippen molar-refractivity contribution in [2.24, 2.45) is 0 Å². The molecule has 1 amide bonds. The monoisotopic (exact) mass is 285 g/mol. The minimum absolute atomic E-state index is 0.0189. The van der Waals surface area contributed by atoms with Gasteiger partial charge in [-0.15, -0.1) is 0 Å². The number of nitrogens with zero attached hydrogens (tertiary/aromatic N) is 1. The van der Waals surface area contributed by atoms with Gasteiger partial charge in [-0.05, 0) is 35.7 Å². The largest absolute Gasteiger partial charge is 0.484 e. The first-order chi connectivity index (χ1) is 10.2. The van der Waals surface area contributed by atoms with Crippen molar-refractivity contribution < 1.29 is 14.6 Å². The normalized spacial score (nSPS) is 18.7. The second-order valence-electron chi connectivity index (χ2n) is 5.43. The molecule has 0 bridgehead atoms. The van der Waals surface area contributed by atoms with Gasteiger partial charge in [-0.2, -0.15) is 0 Å². The topological polar surface area (TPSA) is 49.8 Å². The van der Waals surface area contributed by atoms with Crippen molar-refractivity contribution in [3.8, 4) is 5.75 Å². The molecule has 0 aromatic heterocycles. The molecule has 1 aliphatic rings. The summed E-state index contributed by atoms with van der Waals surface area (Å²) >= 11 is 0. The first kappa shape index (κ1) is 13.9. The molecule has 1 saturated heterocycles. The van der Waals surface area contributed by atoms with Gasteiger partial charge in [-0.3, -0.25) is 4.79 Å². The van der Waals surface area contributed by atoms with Crippen LogP contribution in [0.1, 0.15) is 12.8 Å². The van der Waals surface area contributed by atoms with Crippen molar-refractivity contribution in [1.82, 2.24) is 4.90 Å². The summed E-state index contributed by atoms with van der Waals surface area (Å²) in [5, 5.41) is 11.8. The van der Waals surface area contributed by atoms with Gasteiger partial charge in [0, 0.05) is 13.1 Å². The van der Waals surface area contributed by atoms with E-state index < -0.39 is 6.10 Å². The van der Waals surface area contributed by atoms with Crippen LogP contribution < -0.4 is 4.74 Å². The molecule has 3 rings (SSSR count). The number of aliphatic hydroxyl groups is 1. The van der Waals surface area contributed by atoms with Gasteiger partial charge >= 0.3 is 0 Å². The van der Waals surface area contributed by atoms with Crippen molar-refractivity contribution in [3.63, 3.8) is 0 Å². The highest BCUT2D eigenvalue weighted by molar-refractivity contribution is 5.84. The Morgan fingerprint density at radius 1 is 1.24 bits per heavy atom. The van der Waals surface area contributed by atoms with Crippen LogP contribution >= 0.6 is 0 Å². The number of β-amino-alcohol motifs (C(OH)–C–C–N with tert-alkyl or cyclic N) is 1. The molecule has 1 atom stereocenters. The van der Waals surface area contributed by atoms with Crippen LogP contribution in [0, 0.1) is 0 Å². The molecular formula is C17H19NO3. The quantitative estimate of drug-likeness (QED) is 0.940. The fourth-order valence-electron chi connectivity index (χ4n) is 2.67. The molecule has 1 heterocycles. The maximum Gasteiger partial charge on any atom is 0.260 e. The fraction of sp³-hybridized carbons (Fsp3) is 0.353. The van der Waals surface area contributed by atoms with Crippen molar-refractivity contribution in [2.45, 2.75) is 18.9 Å². The van der Waals surface area contributed by atoms with E-state index in [1.54, 1.807) is 4.90 Å². The zero-order valence-electron chi connectivity index (χ0n) is 11.9. The molecule has 4 heteroatoms. The van der Waals surface area contributed by atoms with E-state index in [-0.39, 0.29) is 12.5 Å². The molecule has 1 aliphatic heterocycles. The molecule has 0 radical (unpaired) electrons. The SMILES string of the molecule is O=C(COc1ccc2ccccc2c1)N1CCC[C@H](O)C1. The van der Waals surface area contributed by atoms with Crippen LogP contribution in [0.2, 0.25) is 0 Å². The van der Waals surface area contributed by atoms with E-state index >= 15 is 0 Å². The first-order valence-electron chi connectivity index (χ1n) is 7.30. The third kappa shape index (κ3) is 3.34. The Balaban J connectivity index is 1.61. The second kappa shape index (κ2) is 6.14. The number of rotatable bonds is 3. The Kier molecular flexibility index (Phi) is 4.06. The smallest absolute Gasteiger partial charge is 0.260 e. The number of piperidine rings is 1. The highest BCUT2D eigenvalue weighted by Crippen LogP contribution is 2.20. The Labute approximate surface area is 123 Å². The predicted molar refractivity (Wildman–Crippen MR) is 81.3 cm³/mol. The molecule has 1 fully saturated rings. The van der Waals surface area contributed by atoms with Crippen LogP contribution in [0.4, 0.5) is 0 Å². The minimum atomic E-state index is -0.400. The molecule has 0 unspecified atom stereocenters. The molecule has 1 N–H and O–H groups in total. The van der Waals surface area contributed by atoms with Crippen molar-refractivity contribution >= 4 is 16.7 Å². The molecule has 110 valence electrons. The van der Waals surface area contributed by atoms with Gasteiger partial charge in [0.25, 0.3) is 5.91 Å². The van der Waals surface area contributed by atoms with Crippen molar-refractivity contribution in [3.05, 3.63) is 42.5 Å². The Hall–Kier alpha value is -2.07. The standard InChI is InChI=1S/C17H19NO3/c19-15-6-3-9-18(11-15)17(20)12-21-16-8-7-13-4-1-2-5-14(13)10-16/h1-2,4-5,7-8,10,15,19H,3,6,9,11-12H2/t15-/m0/s1. The van der Waals surface area contributed by atoms with Crippen molar-refractivity contribution in [1.29, 1.82) is 0 Å². The molecule has 2 aromatic carbocycles. The maximum absolute atomic E-state index is 12.1. The zero-order valence-corrected chi connectivity index (χ0v) is 11.9. The molecule has 4 nitrogen and oxygen atoms in total. The number of ether oxygens (including phenoxy) is 1. The van der Waals surface area contributed by atoms with Crippen LogP contribution in [0.15, 0.2) is 42.5 Å². The summed E-state index contributed by atoms with van der Waals surface area (Å²) in [5.74, 6) is 0.626. The van der Waals surface area contributed by atoms with E-state index in [4.69, 9.17) is 4.74 Å². The maximum atomic E-state index is 12.1. The molecule has 0 spiro atoms. The highest BCUT2D eigenvalue weighted by Gasteiger charge is 2.22. The first-order valence-corrected chi connectivity index (χ1v) is 7.30. The van der Waals surface area contributed by atoms with Gasteiger partial charge in [0.2, 0.25) is 0 Å². The molecule has 2 aromatic rings. The summed E-state index contributed by atoms with van der Waals surface area (Å²) in [6.07, 6.45) is 1.22. The van der Waals surface area contributed by atoms with E-state index in [1.807, 2.05) is 42.5 Å². The lowest BCUT2D eigenvalue weighted by molar-refractivity contribution is -0.136. The van der Waals surface area contributed by atoms with Gasteiger partial charge in [0.1, 0.15) is 5.75 Å². The van der Waals surface area contributed by atoms with E-state index in [0.717, 1.165) is 23.6 Å². The lowest BCUT2D eigenvalue weighted by Crippen LogP contribution is -2.44. The minimum Gasteiger partial charge on any atom is -0.484 e. The number of carbonyl (C=O) groups is 1. The van der Waals surface area contributed by atoms with Crippen LogP contribution in [0.3, 0.4) is 0 Å². The Morgan fingerprint density at radius 3 is 2.86 bits per heavy atom. The predicted octanol–water partition coefficient (Wildman–Crippen LogP) is 2.20. The number of carbonyl (C=O) groups excluding carboxylic acids is 1. The number of hydrogen-bond donors (Lipinski definition) is 1. The average Bonchev–Trinajstić information content (AvgIpc) is 2.52. The van der Waals surface area contributed by atoms with Gasteiger partial charge < -0.3 is 14.7 Å². The summed E-state index contributed by atoms with van der Waals surface area (Å²) in [6, 6.07) is 13.8. The number of fused-ring (bicyclic) bond motifs is 1. The number of amides is 1. The molecule has 21 heavy (non-hydrogen) atoms. The fourth-order valence-corrected chi connectivity index (χ4v) is 2.67. The van der Waals surface area contributed by atoms with E-state index in [1.165, 1.54) is 0 Å². The van der Waals surface area contributed by atoms with E-state index in [2.05, 4.69) is 0 Å². The Morgan fingerprint density at radius 2 is 2.05 bits per heavy atom. The highest BCUT2D eigenvalue weighted by atomic mass is 16.5. The van der Waals surface area contributed by atoms with E-state index in [0.29, 0.717) is 18.8 Å². The average molecular weight is 285 g/mol. The van der Waals surface area contributed by atoms with Crippen LogP contribution in [-0.4, -0.2) is 41.7 Å². The van der Waals surface area contributed by atoms with Crippen LogP contribution in [-0.2, 0) is 4.79 Å². The number of hydrogen-bond acceptors (Lipinski definition) is 3. The molecule has 0 saturated carbocycles. The number of benzene rings is 2. The van der Waals surface area contributed by atoms with Crippen molar-refractivity contribution in [2.75, 3.05) is 19.7 Å².